The molecule has 2 amide bonds. The fourth-order valence-corrected chi connectivity index (χ4v) is 3.48. The van der Waals surface area contributed by atoms with Crippen molar-refractivity contribution in [2.75, 3.05) is 25.0 Å². The summed E-state index contributed by atoms with van der Waals surface area (Å²) < 4.78 is 2.18. The number of primary amides is 1. The Morgan fingerprint density at radius 3 is 2.77 bits per heavy atom. The molecule has 26 heavy (non-hydrogen) atoms. The molecule has 2 heterocycles. The molecule has 7 nitrogen and oxygen atoms in total. The van der Waals surface area contributed by atoms with Gasteiger partial charge in [-0.25, -0.2) is 4.98 Å². The zero-order valence-corrected chi connectivity index (χ0v) is 15.0. The van der Waals surface area contributed by atoms with Gasteiger partial charge in [-0.3, -0.25) is 14.5 Å². The zero-order valence-electron chi connectivity index (χ0n) is 15.0. The number of imidazole rings is 1. The summed E-state index contributed by atoms with van der Waals surface area (Å²) in [5.41, 5.74) is 6.31. The number of nitrogens with two attached hydrogens (primary N) is 1. The van der Waals surface area contributed by atoms with Gasteiger partial charge in [-0.2, -0.15) is 0 Å². The number of carbonyl (C=O) groups excluding carboxylic acids is 2. The Morgan fingerprint density at radius 1 is 1.31 bits per heavy atom. The van der Waals surface area contributed by atoms with Gasteiger partial charge in [-0.05, 0) is 50.6 Å². The predicted molar refractivity (Wildman–Crippen MR) is 99.9 cm³/mol. The molecular formula is C19H25N5O2. The maximum atomic E-state index is 12.4. The van der Waals surface area contributed by atoms with Crippen molar-refractivity contribution in [1.82, 2.24) is 14.5 Å². The number of likely N-dealkylation sites (tertiary alicyclic amines) is 1. The van der Waals surface area contributed by atoms with Crippen molar-refractivity contribution in [2.45, 2.75) is 32.2 Å². The number of aromatic nitrogens is 2. The zero-order chi connectivity index (χ0) is 18.5. The highest BCUT2D eigenvalue weighted by atomic mass is 16.2. The number of rotatable bonds is 6. The van der Waals surface area contributed by atoms with Crippen molar-refractivity contribution in [2.24, 2.45) is 5.73 Å². The van der Waals surface area contributed by atoms with Crippen LogP contribution in [-0.4, -0.2) is 45.9 Å². The quantitative estimate of drug-likeness (QED) is 0.826. The molecule has 7 heteroatoms. The minimum absolute atomic E-state index is 0.0590. The second-order valence-electron chi connectivity index (χ2n) is 6.64. The van der Waals surface area contributed by atoms with Crippen LogP contribution in [0, 0.1) is 0 Å². The van der Waals surface area contributed by atoms with E-state index >= 15 is 0 Å². The molecule has 1 atom stereocenters. The number of carbonyl (C=O) groups is 2. The van der Waals surface area contributed by atoms with Crippen LogP contribution < -0.4 is 11.1 Å². The first-order valence-electron chi connectivity index (χ1n) is 9.00. The van der Waals surface area contributed by atoms with Crippen LogP contribution in [0.4, 0.5) is 5.69 Å². The molecule has 2 aromatic rings. The Balaban J connectivity index is 1.56. The first-order chi connectivity index (χ1) is 12.6. The average Bonchev–Trinajstić information content (AvgIpc) is 3.11. The molecule has 138 valence electrons. The maximum absolute atomic E-state index is 12.4. The molecule has 0 spiro atoms. The number of nitrogens with one attached hydrogen (secondary N) is 1. The van der Waals surface area contributed by atoms with Crippen LogP contribution in [0.2, 0.25) is 0 Å². The largest absolute Gasteiger partial charge is 0.366 e. The lowest BCUT2D eigenvalue weighted by atomic mass is 9.97. The second-order valence-corrected chi connectivity index (χ2v) is 6.64. The van der Waals surface area contributed by atoms with E-state index in [1.807, 2.05) is 12.4 Å². The number of aryl methyl sites for hydroxylation is 1. The summed E-state index contributed by atoms with van der Waals surface area (Å²) in [4.78, 5) is 30.1. The number of benzene rings is 1. The lowest BCUT2D eigenvalue weighted by Gasteiger charge is -2.32. The van der Waals surface area contributed by atoms with Crippen molar-refractivity contribution in [1.29, 1.82) is 0 Å². The highest BCUT2D eigenvalue weighted by Crippen LogP contribution is 2.25. The summed E-state index contributed by atoms with van der Waals surface area (Å²) in [7, 11) is 0. The van der Waals surface area contributed by atoms with Crippen LogP contribution >= 0.6 is 0 Å². The fourth-order valence-electron chi connectivity index (χ4n) is 3.48. The molecule has 1 aromatic carbocycles. The first-order valence-corrected chi connectivity index (χ1v) is 9.00. The first kappa shape index (κ1) is 18.1. The summed E-state index contributed by atoms with van der Waals surface area (Å²) in [6, 6.07) is 6.60. The van der Waals surface area contributed by atoms with Gasteiger partial charge in [-0.1, -0.05) is 0 Å². The van der Waals surface area contributed by atoms with Crippen molar-refractivity contribution < 1.29 is 9.59 Å². The Bertz CT molecular complexity index is 768. The second kappa shape index (κ2) is 8.14. The summed E-state index contributed by atoms with van der Waals surface area (Å²) in [6.07, 6.45) is 6.02. The molecule has 1 unspecified atom stereocenters. The van der Waals surface area contributed by atoms with E-state index in [-0.39, 0.29) is 5.91 Å². The molecule has 0 saturated carbocycles. The van der Waals surface area contributed by atoms with Gasteiger partial charge < -0.3 is 15.6 Å². The molecule has 1 fully saturated rings. The van der Waals surface area contributed by atoms with Gasteiger partial charge >= 0.3 is 0 Å². The SMILES string of the molecule is CCn1ccnc1C1CCCN(CC(=O)Nc2ccc(C(N)=O)cc2)C1. The van der Waals surface area contributed by atoms with Gasteiger partial charge in [0.15, 0.2) is 0 Å². The summed E-state index contributed by atoms with van der Waals surface area (Å²) in [5.74, 6) is 0.935. The standard InChI is InChI=1S/C19H25N5O2/c1-2-24-11-9-21-19(24)15-4-3-10-23(12-15)13-17(25)22-16-7-5-14(6-8-16)18(20)26/h5-9,11,15H,2-4,10,12-13H2,1H3,(H2,20,26)(H,22,25). The third kappa shape index (κ3) is 4.29. The molecule has 0 bridgehead atoms. The number of piperidine rings is 1. The molecule has 1 saturated heterocycles. The number of nitrogens with zero attached hydrogens (tertiary/aromatic N) is 3. The summed E-state index contributed by atoms with van der Waals surface area (Å²) >= 11 is 0. The molecule has 0 radical (unpaired) electrons. The predicted octanol–water partition coefficient (Wildman–Crippen LogP) is 1.82. The van der Waals surface area contributed by atoms with Crippen LogP contribution in [0.3, 0.4) is 0 Å². The van der Waals surface area contributed by atoms with E-state index in [0.717, 1.165) is 38.3 Å². The maximum Gasteiger partial charge on any atom is 0.248 e. The highest BCUT2D eigenvalue weighted by molar-refractivity contribution is 5.95. The van der Waals surface area contributed by atoms with E-state index in [1.165, 1.54) is 0 Å². The highest BCUT2D eigenvalue weighted by Gasteiger charge is 2.25. The van der Waals surface area contributed by atoms with Crippen molar-refractivity contribution in [3.63, 3.8) is 0 Å². The van der Waals surface area contributed by atoms with E-state index in [9.17, 15) is 9.59 Å². The van der Waals surface area contributed by atoms with Gasteiger partial charge in [0.05, 0.1) is 6.54 Å². The van der Waals surface area contributed by atoms with Crippen LogP contribution in [-0.2, 0) is 11.3 Å². The number of amides is 2. The molecule has 1 aliphatic heterocycles. The Hall–Kier alpha value is -2.67. The van der Waals surface area contributed by atoms with Gasteiger partial charge in [-0.15, -0.1) is 0 Å². The van der Waals surface area contributed by atoms with E-state index in [0.29, 0.717) is 23.7 Å². The monoisotopic (exact) mass is 355 g/mol. The minimum atomic E-state index is -0.479. The Labute approximate surface area is 153 Å². The van der Waals surface area contributed by atoms with Crippen LogP contribution in [0.5, 0.6) is 0 Å². The van der Waals surface area contributed by atoms with E-state index in [4.69, 9.17) is 5.73 Å². The third-order valence-electron chi connectivity index (χ3n) is 4.78. The topological polar surface area (TPSA) is 93.2 Å². The smallest absolute Gasteiger partial charge is 0.248 e. The third-order valence-corrected chi connectivity index (χ3v) is 4.78. The fraction of sp³-hybridized carbons (Fsp3) is 0.421. The normalized spacial score (nSPS) is 17.8. The van der Waals surface area contributed by atoms with Gasteiger partial charge in [0.1, 0.15) is 5.82 Å². The van der Waals surface area contributed by atoms with Gasteiger partial charge in [0.2, 0.25) is 11.8 Å². The Morgan fingerprint density at radius 2 is 2.08 bits per heavy atom. The molecule has 1 aromatic heterocycles. The lowest BCUT2D eigenvalue weighted by Crippen LogP contribution is -2.40. The molecular weight excluding hydrogens is 330 g/mol. The number of anilines is 1. The van der Waals surface area contributed by atoms with E-state index < -0.39 is 5.91 Å². The molecule has 3 rings (SSSR count). The van der Waals surface area contributed by atoms with E-state index in [1.54, 1.807) is 24.3 Å². The minimum Gasteiger partial charge on any atom is -0.366 e. The molecule has 0 aliphatic carbocycles. The molecule has 1 aliphatic rings. The van der Waals surface area contributed by atoms with Crippen LogP contribution in [0.15, 0.2) is 36.7 Å². The van der Waals surface area contributed by atoms with Crippen molar-refractivity contribution >= 4 is 17.5 Å². The van der Waals surface area contributed by atoms with Crippen molar-refractivity contribution in [3.8, 4) is 0 Å². The number of hydrogen-bond donors (Lipinski definition) is 2. The molecule has 3 N–H and O–H groups in total. The Kier molecular flexibility index (Phi) is 5.68. The number of hydrogen-bond acceptors (Lipinski definition) is 4. The summed E-state index contributed by atoms with van der Waals surface area (Å²) in [6.45, 7) is 5.12. The van der Waals surface area contributed by atoms with Gasteiger partial charge in [0, 0.05) is 42.7 Å². The average molecular weight is 355 g/mol. The van der Waals surface area contributed by atoms with Gasteiger partial charge in [0.25, 0.3) is 0 Å². The van der Waals surface area contributed by atoms with Crippen molar-refractivity contribution in [3.05, 3.63) is 48.0 Å². The lowest BCUT2D eigenvalue weighted by molar-refractivity contribution is -0.117. The van der Waals surface area contributed by atoms with Crippen LogP contribution in [0.1, 0.15) is 41.9 Å². The summed E-state index contributed by atoms with van der Waals surface area (Å²) in [5, 5.41) is 2.87. The van der Waals surface area contributed by atoms with Crippen LogP contribution in [0.25, 0.3) is 0 Å². The van der Waals surface area contributed by atoms with E-state index in [2.05, 4.69) is 26.7 Å².